The van der Waals surface area contributed by atoms with Crippen LogP contribution < -0.4 is 5.73 Å². The zero-order valence-electron chi connectivity index (χ0n) is 6.29. The van der Waals surface area contributed by atoms with Crippen LogP contribution in [-0.2, 0) is 0 Å². The van der Waals surface area contributed by atoms with Crippen molar-refractivity contribution in [2.45, 2.75) is 38.3 Å². The minimum absolute atomic E-state index is 0.0634. The summed E-state index contributed by atoms with van der Waals surface area (Å²) in [6.45, 7) is 2.14. The van der Waals surface area contributed by atoms with Crippen LogP contribution in [0.1, 0.15) is 26.2 Å². The molecular formula is C7H14N2O. The van der Waals surface area contributed by atoms with E-state index < -0.39 is 0 Å². The van der Waals surface area contributed by atoms with E-state index in [1.165, 1.54) is 12.8 Å². The van der Waals surface area contributed by atoms with Gasteiger partial charge < -0.3 is 5.73 Å². The predicted octanol–water partition coefficient (Wildman–Crippen LogP) is 1.27. The third kappa shape index (κ3) is 1.34. The van der Waals surface area contributed by atoms with Crippen molar-refractivity contribution in [1.29, 1.82) is 0 Å². The molecule has 0 aromatic rings. The van der Waals surface area contributed by atoms with Gasteiger partial charge in [0.15, 0.2) is 0 Å². The minimum atomic E-state index is -0.0634. The second-order valence-electron chi connectivity index (χ2n) is 2.98. The monoisotopic (exact) mass is 142 g/mol. The molecular weight excluding hydrogens is 128 g/mol. The highest BCUT2D eigenvalue weighted by molar-refractivity contribution is 5.06. The minimum Gasteiger partial charge on any atom is -0.325 e. The summed E-state index contributed by atoms with van der Waals surface area (Å²) < 4.78 is 0. The van der Waals surface area contributed by atoms with E-state index in [0.717, 1.165) is 6.42 Å². The molecule has 0 bridgehead atoms. The van der Waals surface area contributed by atoms with Gasteiger partial charge in [-0.15, -0.1) is 0 Å². The van der Waals surface area contributed by atoms with Gasteiger partial charge in [-0.2, -0.15) is 4.91 Å². The van der Waals surface area contributed by atoms with E-state index in [1.807, 2.05) is 0 Å². The molecule has 3 nitrogen and oxygen atoms in total. The quantitative estimate of drug-likeness (QED) is 0.601. The Balaban J connectivity index is 2.14. The van der Waals surface area contributed by atoms with Crippen molar-refractivity contribution in [1.82, 2.24) is 0 Å². The van der Waals surface area contributed by atoms with Gasteiger partial charge in [0.2, 0.25) is 0 Å². The highest BCUT2D eigenvalue weighted by Crippen LogP contribution is 2.36. The zero-order valence-corrected chi connectivity index (χ0v) is 6.29. The van der Waals surface area contributed by atoms with E-state index in [9.17, 15) is 4.91 Å². The number of hydrogen-bond donors (Lipinski definition) is 1. The molecule has 3 unspecified atom stereocenters. The smallest absolute Gasteiger partial charge is 0.112 e. The SMILES string of the molecule is CCCCC1C(N)C1N=O. The summed E-state index contributed by atoms with van der Waals surface area (Å²) >= 11 is 0. The van der Waals surface area contributed by atoms with Crippen molar-refractivity contribution in [3.8, 4) is 0 Å². The fourth-order valence-electron chi connectivity index (χ4n) is 1.33. The molecule has 1 aliphatic carbocycles. The topological polar surface area (TPSA) is 55.4 Å². The van der Waals surface area contributed by atoms with Crippen molar-refractivity contribution < 1.29 is 0 Å². The Labute approximate surface area is 61.0 Å². The first-order chi connectivity index (χ1) is 4.81. The van der Waals surface area contributed by atoms with Gasteiger partial charge in [-0.25, -0.2) is 0 Å². The maximum absolute atomic E-state index is 10.0. The lowest BCUT2D eigenvalue weighted by Gasteiger charge is -1.91. The van der Waals surface area contributed by atoms with Crippen molar-refractivity contribution in [2.24, 2.45) is 16.8 Å². The van der Waals surface area contributed by atoms with Crippen LogP contribution in [0.15, 0.2) is 5.18 Å². The molecule has 0 spiro atoms. The number of hydrogen-bond acceptors (Lipinski definition) is 3. The third-order valence-corrected chi connectivity index (χ3v) is 2.20. The fourth-order valence-corrected chi connectivity index (χ4v) is 1.33. The second-order valence-corrected chi connectivity index (χ2v) is 2.98. The van der Waals surface area contributed by atoms with Crippen LogP contribution in [0.4, 0.5) is 0 Å². The van der Waals surface area contributed by atoms with Gasteiger partial charge in [0, 0.05) is 12.0 Å². The first-order valence-corrected chi connectivity index (χ1v) is 3.89. The van der Waals surface area contributed by atoms with Gasteiger partial charge in [-0.1, -0.05) is 24.9 Å². The van der Waals surface area contributed by atoms with Crippen LogP contribution in [0.2, 0.25) is 0 Å². The Morgan fingerprint density at radius 3 is 2.70 bits per heavy atom. The Morgan fingerprint density at radius 2 is 2.30 bits per heavy atom. The maximum Gasteiger partial charge on any atom is 0.112 e. The third-order valence-electron chi connectivity index (χ3n) is 2.20. The Hall–Kier alpha value is -0.440. The largest absolute Gasteiger partial charge is 0.325 e. The first kappa shape index (κ1) is 7.66. The molecule has 58 valence electrons. The van der Waals surface area contributed by atoms with Crippen LogP contribution in [0.25, 0.3) is 0 Å². The Bertz CT molecular complexity index is 127. The van der Waals surface area contributed by atoms with Gasteiger partial charge >= 0.3 is 0 Å². The fraction of sp³-hybridized carbons (Fsp3) is 1.00. The molecule has 0 amide bonds. The molecule has 1 fully saturated rings. The zero-order chi connectivity index (χ0) is 7.56. The predicted molar refractivity (Wildman–Crippen MR) is 40.6 cm³/mol. The molecule has 1 saturated carbocycles. The number of rotatable bonds is 4. The average molecular weight is 142 g/mol. The molecule has 0 heterocycles. The highest BCUT2D eigenvalue weighted by Gasteiger charge is 2.48. The van der Waals surface area contributed by atoms with E-state index in [1.54, 1.807) is 0 Å². The number of nitroso groups, excluding NO2 is 1. The average Bonchev–Trinajstić information content (AvgIpc) is 2.56. The highest BCUT2D eigenvalue weighted by atomic mass is 16.3. The van der Waals surface area contributed by atoms with E-state index >= 15 is 0 Å². The lowest BCUT2D eigenvalue weighted by Crippen LogP contribution is -2.04. The maximum atomic E-state index is 10.0. The van der Waals surface area contributed by atoms with Gasteiger partial charge in [-0.05, 0) is 6.42 Å². The second kappa shape index (κ2) is 3.10. The molecule has 2 N–H and O–H groups in total. The molecule has 1 aliphatic rings. The van der Waals surface area contributed by atoms with Crippen LogP contribution in [0.5, 0.6) is 0 Å². The molecule has 1 rings (SSSR count). The van der Waals surface area contributed by atoms with Crippen molar-refractivity contribution >= 4 is 0 Å². The molecule has 0 aromatic carbocycles. The summed E-state index contributed by atoms with van der Waals surface area (Å²) in [6, 6.07) is 0.00981. The van der Waals surface area contributed by atoms with Crippen LogP contribution in [0.3, 0.4) is 0 Å². The van der Waals surface area contributed by atoms with Crippen LogP contribution >= 0.6 is 0 Å². The number of unbranched alkanes of at least 4 members (excludes halogenated alkanes) is 1. The van der Waals surface area contributed by atoms with Crippen molar-refractivity contribution in [3.05, 3.63) is 4.91 Å². The molecule has 0 aromatic heterocycles. The summed E-state index contributed by atoms with van der Waals surface area (Å²) in [5, 5.41) is 2.94. The van der Waals surface area contributed by atoms with Gasteiger partial charge in [0.05, 0.1) is 0 Å². The van der Waals surface area contributed by atoms with Crippen molar-refractivity contribution in [3.63, 3.8) is 0 Å². The van der Waals surface area contributed by atoms with E-state index in [-0.39, 0.29) is 12.1 Å². The molecule has 0 aliphatic heterocycles. The van der Waals surface area contributed by atoms with Crippen molar-refractivity contribution in [2.75, 3.05) is 0 Å². The van der Waals surface area contributed by atoms with Gasteiger partial charge in [0.1, 0.15) is 6.04 Å². The summed E-state index contributed by atoms with van der Waals surface area (Å²) in [7, 11) is 0. The van der Waals surface area contributed by atoms with E-state index in [2.05, 4.69) is 12.1 Å². The molecule has 10 heavy (non-hydrogen) atoms. The molecule has 0 saturated heterocycles. The van der Waals surface area contributed by atoms with Crippen LogP contribution in [0, 0.1) is 10.8 Å². The normalized spacial score (nSPS) is 37.6. The summed E-state index contributed by atoms with van der Waals surface area (Å²) in [5.74, 6) is 0.400. The van der Waals surface area contributed by atoms with E-state index in [4.69, 9.17) is 5.73 Å². The summed E-state index contributed by atoms with van der Waals surface area (Å²) in [5.41, 5.74) is 5.57. The molecule has 3 atom stereocenters. The van der Waals surface area contributed by atoms with Gasteiger partial charge in [-0.3, -0.25) is 0 Å². The Morgan fingerprint density at radius 1 is 1.60 bits per heavy atom. The lowest BCUT2D eigenvalue weighted by atomic mass is 10.2. The standard InChI is InChI=1S/C7H14N2O/c1-2-3-4-5-6(8)7(5)9-10/h5-7H,2-4,8H2,1H3. The Kier molecular flexibility index (Phi) is 2.38. The molecule has 0 radical (unpaired) electrons. The number of nitrogens with two attached hydrogens (primary N) is 1. The molecule has 3 heteroatoms. The summed E-state index contributed by atoms with van der Waals surface area (Å²) in [6.07, 6.45) is 3.42. The first-order valence-electron chi connectivity index (χ1n) is 3.89. The van der Waals surface area contributed by atoms with Crippen LogP contribution in [-0.4, -0.2) is 12.1 Å². The number of nitrogens with zero attached hydrogens (tertiary/aromatic N) is 1. The lowest BCUT2D eigenvalue weighted by molar-refractivity contribution is 0.626. The van der Waals surface area contributed by atoms with E-state index in [0.29, 0.717) is 5.92 Å². The summed E-state index contributed by atoms with van der Waals surface area (Å²) in [4.78, 5) is 10.0. The van der Waals surface area contributed by atoms with Gasteiger partial charge in [0.25, 0.3) is 0 Å².